The Kier molecular flexibility index (Phi) is 5.39. The Labute approximate surface area is 162 Å². The second kappa shape index (κ2) is 7.41. The summed E-state index contributed by atoms with van der Waals surface area (Å²) in [5.41, 5.74) is 4.31. The molecule has 0 fully saturated rings. The third-order valence-electron chi connectivity index (χ3n) is 4.16. The number of carboxylic acid groups (broad SMARTS) is 1. The highest BCUT2D eigenvalue weighted by Gasteiger charge is 2.30. The average molecular weight is 387 g/mol. The summed E-state index contributed by atoms with van der Waals surface area (Å²) in [4.78, 5) is 13.5. The molecule has 0 bridgehead atoms. The van der Waals surface area contributed by atoms with Crippen LogP contribution >= 0.6 is 23.5 Å². The van der Waals surface area contributed by atoms with Crippen LogP contribution in [0.15, 0.2) is 46.2 Å². The number of benzene rings is 2. The Morgan fingerprint density at radius 1 is 1.15 bits per heavy atom. The zero-order valence-electron chi connectivity index (χ0n) is 15.3. The summed E-state index contributed by atoms with van der Waals surface area (Å²) in [6, 6.07) is 12.2. The van der Waals surface area contributed by atoms with Gasteiger partial charge in [0.15, 0.2) is 0 Å². The number of allylic oxidation sites excluding steroid dienone is 1. The summed E-state index contributed by atoms with van der Waals surface area (Å²) < 4.78 is 5.03. The largest absolute Gasteiger partial charge is 0.511 e. The number of fused-ring (bicyclic) bond motifs is 1. The van der Waals surface area contributed by atoms with Gasteiger partial charge in [-0.05, 0) is 73.7 Å². The quantitative estimate of drug-likeness (QED) is 0.356. The van der Waals surface area contributed by atoms with Crippen LogP contribution in [0.2, 0.25) is 0 Å². The van der Waals surface area contributed by atoms with Gasteiger partial charge in [-0.3, -0.25) is 0 Å². The third-order valence-corrected chi connectivity index (χ3v) is 6.90. The molecule has 136 valence electrons. The molecule has 0 saturated heterocycles. The second-order valence-electron chi connectivity index (χ2n) is 6.68. The molecule has 3 rings (SSSR count). The number of rotatable bonds is 4. The lowest BCUT2D eigenvalue weighted by Gasteiger charge is -2.12. The van der Waals surface area contributed by atoms with Crippen LogP contribution in [-0.2, 0) is 6.42 Å². The minimum Gasteiger partial charge on any atom is -0.449 e. The van der Waals surface area contributed by atoms with Crippen molar-refractivity contribution in [2.75, 3.05) is 0 Å². The van der Waals surface area contributed by atoms with E-state index in [0.717, 1.165) is 11.1 Å². The Balaban J connectivity index is 1.88. The lowest BCUT2D eigenvalue weighted by molar-refractivity contribution is 0.144. The van der Waals surface area contributed by atoms with Gasteiger partial charge in [-0.1, -0.05) is 25.1 Å². The summed E-state index contributed by atoms with van der Waals surface area (Å²) in [7, 11) is 0. The summed E-state index contributed by atoms with van der Waals surface area (Å²) in [5, 5.41) is 8.83. The van der Waals surface area contributed by atoms with E-state index in [1.54, 1.807) is 6.07 Å². The fraction of sp³-hybridized carbons (Fsp3) is 0.286. The maximum atomic E-state index is 10.8. The van der Waals surface area contributed by atoms with Gasteiger partial charge in [0.05, 0.1) is 4.08 Å². The molecular formula is C21H22O3S2. The van der Waals surface area contributed by atoms with Crippen molar-refractivity contribution in [2.45, 2.75) is 48.0 Å². The molecule has 1 aliphatic heterocycles. The maximum Gasteiger partial charge on any atom is 0.511 e. The monoisotopic (exact) mass is 386 g/mol. The topological polar surface area (TPSA) is 46.5 Å². The molecule has 0 saturated carbocycles. The van der Waals surface area contributed by atoms with Crippen molar-refractivity contribution < 1.29 is 14.6 Å². The van der Waals surface area contributed by atoms with Crippen molar-refractivity contribution >= 4 is 41.3 Å². The lowest BCUT2D eigenvalue weighted by atomic mass is 10.0. The van der Waals surface area contributed by atoms with Gasteiger partial charge in [-0.2, -0.15) is 0 Å². The van der Waals surface area contributed by atoms with E-state index in [9.17, 15) is 4.79 Å². The lowest BCUT2D eigenvalue weighted by Crippen LogP contribution is -2.05. The Morgan fingerprint density at radius 3 is 2.58 bits per heavy atom. The first-order chi connectivity index (χ1) is 12.3. The molecule has 0 amide bonds. The van der Waals surface area contributed by atoms with Crippen LogP contribution in [0.5, 0.6) is 5.75 Å². The highest BCUT2D eigenvalue weighted by atomic mass is 32.2. The zero-order chi connectivity index (χ0) is 18.9. The van der Waals surface area contributed by atoms with E-state index in [-0.39, 0.29) is 4.08 Å². The first-order valence-electron chi connectivity index (χ1n) is 8.52. The predicted molar refractivity (Wildman–Crippen MR) is 110 cm³/mol. The summed E-state index contributed by atoms with van der Waals surface area (Å²) in [6.45, 7) is 8.59. The molecule has 0 unspecified atom stereocenters. The molecule has 1 aliphatic rings. The molecule has 0 spiro atoms. The fourth-order valence-corrected chi connectivity index (χ4v) is 5.62. The van der Waals surface area contributed by atoms with Gasteiger partial charge >= 0.3 is 6.16 Å². The molecular weight excluding hydrogens is 364 g/mol. The maximum absolute atomic E-state index is 10.8. The molecule has 1 N–H and O–H groups in total. The van der Waals surface area contributed by atoms with Crippen molar-refractivity contribution in [3.05, 3.63) is 53.1 Å². The van der Waals surface area contributed by atoms with E-state index in [1.807, 2.05) is 42.6 Å². The first kappa shape index (κ1) is 18.9. The number of aryl methyl sites for hydroxylation is 1. The smallest absolute Gasteiger partial charge is 0.449 e. The molecule has 2 aromatic carbocycles. The van der Waals surface area contributed by atoms with Gasteiger partial charge in [0, 0.05) is 9.79 Å². The number of hydrogen-bond donors (Lipinski definition) is 1. The Hall–Kier alpha value is -1.85. The van der Waals surface area contributed by atoms with Gasteiger partial charge in [0.1, 0.15) is 5.75 Å². The van der Waals surface area contributed by atoms with Crippen LogP contribution in [0, 0.1) is 0 Å². The standard InChI is InChI=1S/C21H22O3S2/c1-5-15-11-14(6-8-17(15)24-20(22)23)10-13(2)16-7-9-18-19(12-16)26-21(3,4)25-18/h6-12H,5H2,1-4H3,(H,22,23). The SMILES string of the molecule is CCc1cc(C=C(C)c2ccc3c(c2)SC(C)(C)S3)ccc1OC(=O)O. The van der Waals surface area contributed by atoms with Gasteiger partial charge < -0.3 is 9.84 Å². The van der Waals surface area contributed by atoms with Gasteiger partial charge in [-0.25, -0.2) is 4.79 Å². The van der Waals surface area contributed by atoms with Gasteiger partial charge in [-0.15, -0.1) is 23.5 Å². The van der Waals surface area contributed by atoms with Crippen LogP contribution in [0.1, 0.15) is 44.4 Å². The zero-order valence-corrected chi connectivity index (χ0v) is 17.0. The van der Waals surface area contributed by atoms with E-state index < -0.39 is 6.16 Å². The van der Waals surface area contributed by atoms with E-state index in [1.165, 1.54) is 20.9 Å². The van der Waals surface area contributed by atoms with E-state index >= 15 is 0 Å². The van der Waals surface area contributed by atoms with E-state index in [4.69, 9.17) is 9.84 Å². The minimum atomic E-state index is -1.28. The fourth-order valence-electron chi connectivity index (χ4n) is 2.96. The van der Waals surface area contributed by atoms with Crippen LogP contribution in [0.25, 0.3) is 11.6 Å². The number of thioether (sulfide) groups is 2. The predicted octanol–water partition coefficient (Wildman–Crippen LogP) is 6.80. The Bertz CT molecular complexity index is 885. The molecule has 1 heterocycles. The van der Waals surface area contributed by atoms with Crippen molar-refractivity contribution in [3.8, 4) is 5.75 Å². The van der Waals surface area contributed by atoms with Crippen molar-refractivity contribution in [2.24, 2.45) is 0 Å². The molecule has 0 radical (unpaired) electrons. The molecule has 0 atom stereocenters. The number of ether oxygens (including phenoxy) is 1. The highest BCUT2D eigenvalue weighted by Crippen LogP contribution is 2.55. The van der Waals surface area contributed by atoms with Crippen LogP contribution < -0.4 is 4.74 Å². The molecule has 0 aromatic heterocycles. The minimum absolute atomic E-state index is 0.189. The molecule has 2 aromatic rings. The summed E-state index contributed by atoms with van der Waals surface area (Å²) in [5.74, 6) is 0.406. The van der Waals surface area contributed by atoms with Crippen molar-refractivity contribution in [1.82, 2.24) is 0 Å². The van der Waals surface area contributed by atoms with Gasteiger partial charge in [0.25, 0.3) is 0 Å². The average Bonchev–Trinajstić information content (AvgIpc) is 2.88. The molecule has 5 heteroatoms. The van der Waals surface area contributed by atoms with E-state index in [0.29, 0.717) is 12.2 Å². The van der Waals surface area contributed by atoms with Crippen LogP contribution in [-0.4, -0.2) is 15.3 Å². The normalized spacial score (nSPS) is 15.6. The van der Waals surface area contributed by atoms with Crippen molar-refractivity contribution in [1.29, 1.82) is 0 Å². The van der Waals surface area contributed by atoms with Crippen LogP contribution in [0.4, 0.5) is 4.79 Å². The summed E-state index contributed by atoms with van der Waals surface area (Å²) in [6.07, 6.45) is 1.56. The van der Waals surface area contributed by atoms with Crippen LogP contribution in [0.3, 0.4) is 0 Å². The van der Waals surface area contributed by atoms with E-state index in [2.05, 4.69) is 45.0 Å². The molecule has 3 nitrogen and oxygen atoms in total. The van der Waals surface area contributed by atoms with Crippen molar-refractivity contribution in [3.63, 3.8) is 0 Å². The first-order valence-corrected chi connectivity index (χ1v) is 10.1. The molecule has 26 heavy (non-hydrogen) atoms. The van der Waals surface area contributed by atoms with Gasteiger partial charge in [0.2, 0.25) is 0 Å². The second-order valence-corrected chi connectivity index (χ2v) is 10.3. The highest BCUT2D eigenvalue weighted by molar-refractivity contribution is 8.20. The summed E-state index contributed by atoms with van der Waals surface area (Å²) >= 11 is 3.82. The Morgan fingerprint density at radius 2 is 1.88 bits per heavy atom. The number of carbonyl (C=O) groups is 1. The molecule has 0 aliphatic carbocycles. The number of hydrogen-bond acceptors (Lipinski definition) is 4. The third kappa shape index (κ3) is 4.27.